The van der Waals surface area contributed by atoms with Gasteiger partial charge >= 0.3 is 0 Å². The first kappa shape index (κ1) is 10.8. The third-order valence-corrected chi connectivity index (χ3v) is 2.34. The molecular formula is C10H12N4OS. The van der Waals surface area contributed by atoms with E-state index in [9.17, 15) is 0 Å². The summed E-state index contributed by atoms with van der Waals surface area (Å²) in [4.78, 5) is 0. The lowest BCUT2D eigenvalue weighted by atomic mass is 10.2. The Kier molecular flexibility index (Phi) is 3.33. The predicted octanol–water partition coefficient (Wildman–Crippen LogP) is 0.842. The minimum atomic E-state index is 0.0581. The van der Waals surface area contributed by atoms with Crippen molar-refractivity contribution in [2.45, 2.75) is 0 Å². The minimum Gasteiger partial charge on any atom is -0.395 e. The van der Waals surface area contributed by atoms with Crippen molar-refractivity contribution in [1.82, 2.24) is 15.5 Å². The molecule has 6 heteroatoms. The standard InChI is InChI=1S/C10H12N4OS/c15-4-3-11-10(16)13-8-1-2-9-7(5-8)6-12-14-9/h1-2,5-6,15H,3-4H2,(H,12,14)(H2,11,13,16). The van der Waals surface area contributed by atoms with Crippen molar-refractivity contribution in [2.75, 3.05) is 18.5 Å². The molecule has 0 fully saturated rings. The van der Waals surface area contributed by atoms with Crippen LogP contribution >= 0.6 is 12.2 Å². The Morgan fingerprint density at radius 2 is 2.38 bits per heavy atom. The molecule has 0 saturated carbocycles. The summed E-state index contributed by atoms with van der Waals surface area (Å²) in [6, 6.07) is 5.79. The van der Waals surface area contributed by atoms with Gasteiger partial charge in [-0.2, -0.15) is 5.10 Å². The lowest BCUT2D eigenvalue weighted by Gasteiger charge is -2.09. The normalized spacial score (nSPS) is 10.3. The molecule has 0 saturated heterocycles. The van der Waals surface area contributed by atoms with Crippen molar-refractivity contribution >= 4 is 33.9 Å². The van der Waals surface area contributed by atoms with Crippen LogP contribution in [0.3, 0.4) is 0 Å². The predicted molar refractivity (Wildman–Crippen MR) is 67.4 cm³/mol. The molecule has 0 aliphatic carbocycles. The van der Waals surface area contributed by atoms with Gasteiger partial charge in [-0.1, -0.05) is 0 Å². The van der Waals surface area contributed by atoms with Crippen molar-refractivity contribution in [3.63, 3.8) is 0 Å². The van der Waals surface area contributed by atoms with Gasteiger partial charge in [-0.3, -0.25) is 5.10 Å². The number of H-pyrrole nitrogens is 1. The number of hydrogen-bond donors (Lipinski definition) is 4. The highest BCUT2D eigenvalue weighted by molar-refractivity contribution is 7.80. The Balaban J connectivity index is 2.06. The van der Waals surface area contributed by atoms with Crippen LogP contribution in [0.2, 0.25) is 0 Å². The average molecular weight is 236 g/mol. The van der Waals surface area contributed by atoms with Crippen LogP contribution in [0, 0.1) is 0 Å². The Labute approximate surface area is 97.9 Å². The van der Waals surface area contributed by atoms with Gasteiger partial charge in [0.05, 0.1) is 18.3 Å². The zero-order valence-electron chi connectivity index (χ0n) is 8.53. The van der Waals surface area contributed by atoms with E-state index in [-0.39, 0.29) is 6.61 Å². The van der Waals surface area contributed by atoms with Gasteiger partial charge in [0.1, 0.15) is 0 Å². The highest BCUT2D eigenvalue weighted by Crippen LogP contribution is 2.16. The van der Waals surface area contributed by atoms with Gasteiger partial charge in [0.25, 0.3) is 0 Å². The van der Waals surface area contributed by atoms with E-state index in [1.54, 1.807) is 6.20 Å². The molecule has 0 aliphatic heterocycles. The largest absolute Gasteiger partial charge is 0.395 e. The molecule has 0 spiro atoms. The molecule has 0 radical (unpaired) electrons. The number of nitrogens with one attached hydrogen (secondary N) is 3. The highest BCUT2D eigenvalue weighted by atomic mass is 32.1. The second-order valence-corrected chi connectivity index (χ2v) is 3.68. The first-order valence-electron chi connectivity index (χ1n) is 4.88. The summed E-state index contributed by atoms with van der Waals surface area (Å²) >= 11 is 5.05. The third kappa shape index (κ3) is 2.47. The van der Waals surface area contributed by atoms with E-state index in [2.05, 4.69) is 20.8 Å². The molecule has 0 unspecified atom stereocenters. The maximum Gasteiger partial charge on any atom is 0.170 e. The summed E-state index contributed by atoms with van der Waals surface area (Å²) in [7, 11) is 0. The molecule has 1 aromatic heterocycles. The van der Waals surface area contributed by atoms with Crippen molar-refractivity contribution < 1.29 is 5.11 Å². The van der Waals surface area contributed by atoms with E-state index in [4.69, 9.17) is 17.3 Å². The monoisotopic (exact) mass is 236 g/mol. The Bertz CT molecular complexity index is 496. The number of rotatable bonds is 3. The van der Waals surface area contributed by atoms with E-state index in [1.165, 1.54) is 0 Å². The summed E-state index contributed by atoms with van der Waals surface area (Å²) < 4.78 is 0. The second-order valence-electron chi connectivity index (χ2n) is 3.28. The maximum atomic E-state index is 8.63. The smallest absolute Gasteiger partial charge is 0.170 e. The zero-order valence-corrected chi connectivity index (χ0v) is 9.34. The average Bonchev–Trinajstić information content (AvgIpc) is 2.73. The fraction of sp³-hybridized carbons (Fsp3) is 0.200. The molecule has 1 aromatic carbocycles. The van der Waals surface area contributed by atoms with Crippen LogP contribution in [0.1, 0.15) is 0 Å². The fourth-order valence-corrected chi connectivity index (χ4v) is 1.59. The summed E-state index contributed by atoms with van der Waals surface area (Å²) in [5.74, 6) is 0. The molecule has 2 aromatic rings. The number of hydrogen-bond acceptors (Lipinski definition) is 3. The maximum absolute atomic E-state index is 8.63. The number of benzene rings is 1. The van der Waals surface area contributed by atoms with Crippen molar-refractivity contribution in [3.05, 3.63) is 24.4 Å². The number of aliphatic hydroxyl groups is 1. The van der Waals surface area contributed by atoms with E-state index in [1.807, 2.05) is 18.2 Å². The Morgan fingerprint density at radius 3 is 3.19 bits per heavy atom. The number of aromatic amines is 1. The van der Waals surface area contributed by atoms with Gasteiger partial charge in [-0.05, 0) is 30.4 Å². The number of nitrogens with zero attached hydrogens (tertiary/aromatic N) is 1. The lowest BCUT2D eigenvalue weighted by molar-refractivity contribution is 0.301. The van der Waals surface area contributed by atoms with Gasteiger partial charge in [-0.25, -0.2) is 0 Å². The topological polar surface area (TPSA) is 73.0 Å². The molecule has 0 atom stereocenters. The Morgan fingerprint density at radius 1 is 1.50 bits per heavy atom. The third-order valence-electron chi connectivity index (χ3n) is 2.10. The van der Waals surface area contributed by atoms with E-state index < -0.39 is 0 Å². The molecule has 0 aliphatic rings. The molecule has 1 heterocycles. The first-order valence-corrected chi connectivity index (χ1v) is 5.29. The molecule has 0 amide bonds. The van der Waals surface area contributed by atoms with Crippen LogP contribution in [-0.4, -0.2) is 33.6 Å². The van der Waals surface area contributed by atoms with E-state index >= 15 is 0 Å². The lowest BCUT2D eigenvalue weighted by Crippen LogP contribution is -2.30. The van der Waals surface area contributed by atoms with Crippen LogP contribution in [0.25, 0.3) is 10.9 Å². The van der Waals surface area contributed by atoms with Crippen LogP contribution in [0.4, 0.5) is 5.69 Å². The van der Waals surface area contributed by atoms with Gasteiger partial charge in [-0.15, -0.1) is 0 Å². The summed E-state index contributed by atoms with van der Waals surface area (Å²) in [6.45, 7) is 0.502. The van der Waals surface area contributed by atoms with Gasteiger partial charge in [0.2, 0.25) is 0 Å². The molecule has 0 bridgehead atoms. The van der Waals surface area contributed by atoms with Crippen molar-refractivity contribution in [1.29, 1.82) is 0 Å². The number of fused-ring (bicyclic) bond motifs is 1. The molecular weight excluding hydrogens is 224 g/mol. The SMILES string of the molecule is OCCNC(=S)Nc1ccc2[nH]ncc2c1. The van der Waals surface area contributed by atoms with Gasteiger partial charge in [0.15, 0.2) is 5.11 Å². The molecule has 2 rings (SSSR count). The minimum absolute atomic E-state index is 0.0581. The van der Waals surface area contributed by atoms with Crippen molar-refractivity contribution in [2.24, 2.45) is 0 Å². The molecule has 5 nitrogen and oxygen atoms in total. The number of aliphatic hydroxyl groups excluding tert-OH is 1. The summed E-state index contributed by atoms with van der Waals surface area (Å²) in [6.07, 6.45) is 1.75. The van der Waals surface area contributed by atoms with Crippen LogP contribution in [-0.2, 0) is 0 Å². The summed E-state index contributed by atoms with van der Waals surface area (Å²) in [5, 5.41) is 22.9. The van der Waals surface area contributed by atoms with Crippen LogP contribution in [0.15, 0.2) is 24.4 Å². The molecule has 16 heavy (non-hydrogen) atoms. The van der Waals surface area contributed by atoms with E-state index in [0.29, 0.717) is 11.7 Å². The van der Waals surface area contributed by atoms with Crippen LogP contribution < -0.4 is 10.6 Å². The van der Waals surface area contributed by atoms with Gasteiger partial charge in [0, 0.05) is 17.6 Å². The first-order chi connectivity index (χ1) is 7.79. The quantitative estimate of drug-likeness (QED) is 0.594. The van der Waals surface area contributed by atoms with Gasteiger partial charge < -0.3 is 15.7 Å². The molecule has 84 valence electrons. The fourth-order valence-electron chi connectivity index (χ4n) is 1.37. The Hall–Kier alpha value is -1.66. The highest BCUT2D eigenvalue weighted by Gasteiger charge is 1.99. The van der Waals surface area contributed by atoms with E-state index in [0.717, 1.165) is 16.6 Å². The number of thiocarbonyl (C=S) groups is 1. The van der Waals surface area contributed by atoms with Crippen molar-refractivity contribution in [3.8, 4) is 0 Å². The molecule has 4 N–H and O–H groups in total. The zero-order chi connectivity index (χ0) is 11.4. The van der Waals surface area contributed by atoms with Crippen LogP contribution in [0.5, 0.6) is 0 Å². The number of anilines is 1. The second kappa shape index (κ2) is 4.91. The summed E-state index contributed by atoms with van der Waals surface area (Å²) in [5.41, 5.74) is 1.88. The number of aromatic nitrogens is 2.